The number of carbonyl (C=O) groups is 1. The first kappa shape index (κ1) is 20.4. The van der Waals surface area contributed by atoms with Gasteiger partial charge >= 0.3 is 0 Å². The van der Waals surface area contributed by atoms with E-state index in [4.69, 9.17) is 9.47 Å². The van der Waals surface area contributed by atoms with Crippen molar-refractivity contribution in [3.8, 4) is 11.5 Å². The van der Waals surface area contributed by atoms with E-state index in [0.717, 1.165) is 30.7 Å². The molecule has 1 heterocycles. The number of ether oxygens (including phenoxy) is 2. The Morgan fingerprint density at radius 1 is 1.03 bits per heavy atom. The lowest BCUT2D eigenvalue weighted by Crippen LogP contribution is -2.10. The van der Waals surface area contributed by atoms with Crippen LogP contribution in [-0.4, -0.2) is 24.4 Å². The summed E-state index contributed by atoms with van der Waals surface area (Å²) in [5, 5.41) is 3.26. The van der Waals surface area contributed by atoms with Crippen LogP contribution in [0, 0.1) is 0 Å². The minimum atomic E-state index is -0.0797. The van der Waals surface area contributed by atoms with Crippen LogP contribution in [0.4, 0.5) is 5.82 Å². The molecule has 0 aliphatic carbocycles. The number of nitrogens with one attached hydrogen (secondary N) is 1. The van der Waals surface area contributed by atoms with Crippen LogP contribution in [0.3, 0.4) is 0 Å². The monoisotopic (exact) mass is 390 g/mol. The zero-order valence-corrected chi connectivity index (χ0v) is 16.9. The van der Waals surface area contributed by atoms with Gasteiger partial charge in [0, 0.05) is 18.3 Å². The highest BCUT2D eigenvalue weighted by Crippen LogP contribution is 2.22. The van der Waals surface area contributed by atoms with Crippen molar-refractivity contribution in [2.45, 2.75) is 26.4 Å². The van der Waals surface area contributed by atoms with Crippen LogP contribution >= 0.6 is 0 Å². The fourth-order valence-corrected chi connectivity index (χ4v) is 2.92. The van der Waals surface area contributed by atoms with Gasteiger partial charge in [-0.15, -0.1) is 0 Å². The Bertz CT molecular complexity index is 956. The molecule has 0 atom stereocenters. The van der Waals surface area contributed by atoms with E-state index < -0.39 is 0 Å². The van der Waals surface area contributed by atoms with Gasteiger partial charge in [-0.1, -0.05) is 37.6 Å². The molecule has 0 amide bonds. The van der Waals surface area contributed by atoms with Crippen LogP contribution in [0.5, 0.6) is 11.5 Å². The average molecular weight is 390 g/mol. The van der Waals surface area contributed by atoms with E-state index in [1.54, 1.807) is 37.6 Å². The number of benzene rings is 2. The molecular weight excluding hydrogens is 364 g/mol. The summed E-state index contributed by atoms with van der Waals surface area (Å²) < 4.78 is 11.1. The van der Waals surface area contributed by atoms with Crippen LogP contribution in [0.1, 0.15) is 41.3 Å². The van der Waals surface area contributed by atoms with E-state index in [0.29, 0.717) is 29.3 Å². The number of aromatic nitrogens is 1. The smallest absolute Gasteiger partial charge is 0.196 e. The van der Waals surface area contributed by atoms with Crippen molar-refractivity contribution in [2.24, 2.45) is 0 Å². The Morgan fingerprint density at radius 3 is 2.69 bits per heavy atom. The number of pyridine rings is 1. The van der Waals surface area contributed by atoms with Crippen LogP contribution in [0.2, 0.25) is 0 Å². The molecular formula is C24H26N2O3. The van der Waals surface area contributed by atoms with Gasteiger partial charge in [0.2, 0.25) is 0 Å². The molecule has 0 fully saturated rings. The third-order valence-corrected chi connectivity index (χ3v) is 4.51. The molecule has 3 aromatic rings. The second kappa shape index (κ2) is 10.3. The summed E-state index contributed by atoms with van der Waals surface area (Å²) in [4.78, 5) is 17.4. The summed E-state index contributed by atoms with van der Waals surface area (Å²) in [6, 6.07) is 18.5. The molecule has 2 aromatic carbocycles. The maximum Gasteiger partial charge on any atom is 0.196 e. The summed E-state index contributed by atoms with van der Waals surface area (Å²) in [5.41, 5.74) is 2.13. The van der Waals surface area contributed by atoms with Gasteiger partial charge in [-0.05, 0) is 48.4 Å². The van der Waals surface area contributed by atoms with Gasteiger partial charge in [-0.25, -0.2) is 4.98 Å². The minimum absolute atomic E-state index is 0.0797. The number of carbonyl (C=O) groups excluding carboxylic acids is 1. The topological polar surface area (TPSA) is 60.5 Å². The normalized spacial score (nSPS) is 10.4. The number of anilines is 1. The average Bonchev–Trinajstić information content (AvgIpc) is 2.78. The molecule has 0 saturated carbocycles. The second-order valence-electron chi connectivity index (χ2n) is 6.68. The van der Waals surface area contributed by atoms with E-state index in [1.807, 2.05) is 36.4 Å². The first-order valence-electron chi connectivity index (χ1n) is 9.80. The van der Waals surface area contributed by atoms with Gasteiger partial charge in [0.15, 0.2) is 5.78 Å². The van der Waals surface area contributed by atoms with Crippen molar-refractivity contribution >= 4 is 11.6 Å². The minimum Gasteiger partial charge on any atom is -0.497 e. The number of methoxy groups -OCH3 is 1. The number of rotatable bonds is 10. The largest absolute Gasteiger partial charge is 0.497 e. The highest BCUT2D eigenvalue weighted by Gasteiger charge is 2.15. The molecule has 0 saturated heterocycles. The number of nitrogens with zero attached hydrogens (tertiary/aromatic N) is 1. The van der Waals surface area contributed by atoms with Crippen molar-refractivity contribution in [3.63, 3.8) is 0 Å². The molecule has 29 heavy (non-hydrogen) atoms. The zero-order chi connectivity index (χ0) is 20.5. The summed E-state index contributed by atoms with van der Waals surface area (Å²) >= 11 is 0. The van der Waals surface area contributed by atoms with Crippen LogP contribution in [-0.2, 0) is 6.61 Å². The Labute approximate surface area is 171 Å². The number of hydrogen-bond acceptors (Lipinski definition) is 5. The first-order valence-corrected chi connectivity index (χ1v) is 9.80. The van der Waals surface area contributed by atoms with E-state index in [2.05, 4.69) is 17.2 Å². The highest BCUT2D eigenvalue weighted by atomic mass is 16.5. The third kappa shape index (κ3) is 5.57. The molecule has 1 N–H and O–H groups in total. The lowest BCUT2D eigenvalue weighted by atomic mass is 10.0. The van der Waals surface area contributed by atoms with Gasteiger partial charge in [-0.2, -0.15) is 0 Å². The lowest BCUT2D eigenvalue weighted by Gasteiger charge is -2.11. The highest BCUT2D eigenvalue weighted by molar-refractivity contribution is 6.12. The van der Waals surface area contributed by atoms with Gasteiger partial charge < -0.3 is 14.8 Å². The molecule has 0 radical (unpaired) electrons. The quantitative estimate of drug-likeness (QED) is 0.385. The van der Waals surface area contributed by atoms with Gasteiger partial charge in [0.25, 0.3) is 0 Å². The van der Waals surface area contributed by atoms with Crippen molar-refractivity contribution in [1.82, 2.24) is 4.98 Å². The van der Waals surface area contributed by atoms with Crippen LogP contribution in [0.25, 0.3) is 0 Å². The molecule has 150 valence electrons. The maximum atomic E-state index is 13.1. The molecule has 0 aliphatic heterocycles. The van der Waals surface area contributed by atoms with E-state index in [1.165, 1.54) is 0 Å². The van der Waals surface area contributed by atoms with Crippen LogP contribution < -0.4 is 14.8 Å². The molecule has 0 spiro atoms. The van der Waals surface area contributed by atoms with Crippen LogP contribution in [0.15, 0.2) is 66.9 Å². The van der Waals surface area contributed by atoms with E-state index >= 15 is 0 Å². The first-order chi connectivity index (χ1) is 14.2. The Hall–Kier alpha value is -3.34. The van der Waals surface area contributed by atoms with Crippen molar-refractivity contribution in [1.29, 1.82) is 0 Å². The fraction of sp³-hybridized carbons (Fsp3) is 0.250. The predicted octanol–water partition coefficient (Wildman–Crippen LogP) is 5.11. The predicted molar refractivity (Wildman–Crippen MR) is 115 cm³/mol. The summed E-state index contributed by atoms with van der Waals surface area (Å²) in [6.45, 7) is 3.31. The molecule has 0 unspecified atom stereocenters. The van der Waals surface area contributed by atoms with Crippen molar-refractivity contribution < 1.29 is 14.3 Å². The molecule has 3 rings (SSSR count). The maximum absolute atomic E-state index is 13.1. The van der Waals surface area contributed by atoms with Gasteiger partial charge in [0.05, 0.1) is 12.7 Å². The molecule has 5 nitrogen and oxygen atoms in total. The van der Waals surface area contributed by atoms with Gasteiger partial charge in [-0.3, -0.25) is 4.79 Å². The molecule has 0 bridgehead atoms. The molecule has 5 heteroatoms. The summed E-state index contributed by atoms with van der Waals surface area (Å²) in [7, 11) is 1.64. The zero-order valence-electron chi connectivity index (χ0n) is 16.9. The summed E-state index contributed by atoms with van der Waals surface area (Å²) in [5.74, 6) is 1.97. The lowest BCUT2D eigenvalue weighted by molar-refractivity contribution is 0.103. The number of unbranched alkanes of at least 4 members (excludes halogenated alkanes) is 1. The Balaban J connectivity index is 1.73. The van der Waals surface area contributed by atoms with Crippen molar-refractivity contribution in [3.05, 3.63) is 83.6 Å². The fourth-order valence-electron chi connectivity index (χ4n) is 2.92. The number of hydrogen-bond donors (Lipinski definition) is 1. The van der Waals surface area contributed by atoms with E-state index in [9.17, 15) is 4.79 Å². The molecule has 0 aliphatic rings. The standard InChI is InChI=1S/C24H26N2O3/c1-3-4-13-25-24-22(12-7-14-26-24)23(27)19-9-6-11-21(16-19)29-17-18-8-5-10-20(15-18)28-2/h5-12,14-16H,3-4,13,17H2,1-2H3,(H,25,26). The number of ketones is 1. The SMILES string of the molecule is CCCCNc1ncccc1C(=O)c1cccc(OCc2cccc(OC)c2)c1. The third-order valence-electron chi connectivity index (χ3n) is 4.51. The second-order valence-corrected chi connectivity index (χ2v) is 6.68. The summed E-state index contributed by atoms with van der Waals surface area (Å²) in [6.07, 6.45) is 3.80. The van der Waals surface area contributed by atoms with E-state index in [-0.39, 0.29) is 5.78 Å². The Kier molecular flexibility index (Phi) is 7.22. The van der Waals surface area contributed by atoms with Crippen molar-refractivity contribution in [2.75, 3.05) is 19.0 Å². The van der Waals surface area contributed by atoms with Gasteiger partial charge in [0.1, 0.15) is 23.9 Å². The molecule has 1 aromatic heterocycles. The Morgan fingerprint density at radius 2 is 1.86 bits per heavy atom.